The lowest BCUT2D eigenvalue weighted by Crippen LogP contribution is -2.50. The molecule has 4 rings (SSSR count). The zero-order chi connectivity index (χ0) is 23.9. The summed E-state index contributed by atoms with van der Waals surface area (Å²) in [5, 5.41) is 6.13. The van der Waals surface area contributed by atoms with Gasteiger partial charge in [-0.1, -0.05) is 35.9 Å². The van der Waals surface area contributed by atoms with E-state index >= 15 is 0 Å². The molecule has 2 aromatic carbocycles. The van der Waals surface area contributed by atoms with Gasteiger partial charge in [-0.25, -0.2) is 0 Å². The fourth-order valence-electron chi connectivity index (χ4n) is 4.73. The maximum atomic E-state index is 13.0. The third-order valence-corrected chi connectivity index (χ3v) is 6.74. The van der Waals surface area contributed by atoms with Crippen LogP contribution in [0.25, 0.3) is 0 Å². The number of likely N-dealkylation sites (tertiary alicyclic amines) is 2. The molecule has 2 aliphatic rings. The molecule has 0 bridgehead atoms. The first-order valence-electron chi connectivity index (χ1n) is 12.2. The number of hydrogen-bond acceptors (Lipinski definition) is 4. The van der Waals surface area contributed by atoms with Crippen molar-refractivity contribution in [3.63, 3.8) is 0 Å². The Balaban J connectivity index is 1.21. The number of hydrogen-bond donors (Lipinski definition) is 2. The minimum atomic E-state index is -0.169. The van der Waals surface area contributed by atoms with E-state index in [4.69, 9.17) is 0 Å². The molecule has 2 aromatic rings. The molecule has 2 saturated heterocycles. The van der Waals surface area contributed by atoms with Gasteiger partial charge in [-0.2, -0.15) is 0 Å². The molecule has 0 spiro atoms. The number of rotatable bonds is 6. The van der Waals surface area contributed by atoms with Gasteiger partial charge in [-0.3, -0.25) is 19.3 Å². The minimum Gasteiger partial charge on any atom is -0.353 e. The largest absolute Gasteiger partial charge is 0.353 e. The predicted molar refractivity (Wildman–Crippen MR) is 132 cm³/mol. The summed E-state index contributed by atoms with van der Waals surface area (Å²) in [4.78, 5) is 42.1. The molecule has 2 N–H and O–H groups in total. The van der Waals surface area contributed by atoms with E-state index in [-0.39, 0.29) is 29.7 Å². The Hall–Kier alpha value is -3.19. The third kappa shape index (κ3) is 6.44. The number of anilines is 1. The van der Waals surface area contributed by atoms with E-state index in [1.807, 2.05) is 66.4 Å². The van der Waals surface area contributed by atoms with E-state index < -0.39 is 0 Å². The van der Waals surface area contributed by atoms with Gasteiger partial charge in [-0.15, -0.1) is 0 Å². The number of carbonyl (C=O) groups excluding carboxylic acids is 3. The molecule has 0 aliphatic carbocycles. The van der Waals surface area contributed by atoms with Gasteiger partial charge in [0.25, 0.3) is 5.91 Å². The summed E-state index contributed by atoms with van der Waals surface area (Å²) < 4.78 is 0. The molecule has 0 radical (unpaired) electrons. The summed E-state index contributed by atoms with van der Waals surface area (Å²) in [5.41, 5.74) is 2.60. The Bertz CT molecular complexity index is 985. The molecule has 7 nitrogen and oxygen atoms in total. The van der Waals surface area contributed by atoms with E-state index in [1.165, 1.54) is 0 Å². The monoisotopic (exact) mass is 462 g/mol. The molecular weight excluding hydrogens is 428 g/mol. The Morgan fingerprint density at radius 3 is 2.32 bits per heavy atom. The maximum Gasteiger partial charge on any atom is 0.253 e. The van der Waals surface area contributed by atoms with E-state index in [9.17, 15) is 14.4 Å². The number of piperidine rings is 2. The smallest absolute Gasteiger partial charge is 0.253 e. The SMILES string of the molecule is Cc1ccc(C(=O)N2CCCC(C(=O)NC3CCN(CC(=O)Nc4ccccc4)CC3)C2)cc1. The second kappa shape index (κ2) is 11.3. The Morgan fingerprint density at radius 1 is 0.912 bits per heavy atom. The molecule has 1 unspecified atom stereocenters. The topological polar surface area (TPSA) is 81.8 Å². The van der Waals surface area contributed by atoms with Crippen molar-refractivity contribution >= 4 is 23.4 Å². The number of para-hydroxylation sites is 1. The summed E-state index contributed by atoms with van der Waals surface area (Å²) in [6, 6.07) is 17.2. The standard InChI is InChI=1S/C27H34N4O3/c1-20-9-11-21(12-10-20)27(34)31-15-5-6-22(18-31)26(33)29-24-13-16-30(17-14-24)19-25(32)28-23-7-3-2-4-8-23/h2-4,7-12,22,24H,5-6,13-19H2,1H3,(H,28,32)(H,29,33). The number of nitrogens with one attached hydrogen (secondary N) is 2. The first-order valence-corrected chi connectivity index (χ1v) is 12.2. The first kappa shape index (κ1) is 24.0. The Labute approximate surface area is 201 Å². The summed E-state index contributed by atoms with van der Waals surface area (Å²) in [7, 11) is 0. The van der Waals surface area contributed by atoms with Crippen molar-refractivity contribution in [1.29, 1.82) is 0 Å². The average Bonchev–Trinajstić information content (AvgIpc) is 2.86. The summed E-state index contributed by atoms with van der Waals surface area (Å²) in [5.74, 6) is -0.145. The Morgan fingerprint density at radius 2 is 1.62 bits per heavy atom. The Kier molecular flexibility index (Phi) is 7.95. The minimum absolute atomic E-state index is 0.000382. The van der Waals surface area contributed by atoms with Crippen LogP contribution < -0.4 is 10.6 Å². The number of aryl methyl sites for hydroxylation is 1. The first-order chi connectivity index (χ1) is 16.5. The van der Waals surface area contributed by atoms with Crippen molar-refractivity contribution < 1.29 is 14.4 Å². The average molecular weight is 463 g/mol. The van der Waals surface area contributed by atoms with Crippen molar-refractivity contribution in [3.8, 4) is 0 Å². The number of carbonyl (C=O) groups is 3. The van der Waals surface area contributed by atoms with Gasteiger partial charge in [0.1, 0.15) is 0 Å². The molecule has 180 valence electrons. The van der Waals surface area contributed by atoms with Crippen LogP contribution >= 0.6 is 0 Å². The van der Waals surface area contributed by atoms with Crippen molar-refractivity contribution in [3.05, 3.63) is 65.7 Å². The molecule has 0 saturated carbocycles. The van der Waals surface area contributed by atoms with Crippen LogP contribution in [0.4, 0.5) is 5.69 Å². The summed E-state index contributed by atoms with van der Waals surface area (Å²) in [6.07, 6.45) is 3.29. The summed E-state index contributed by atoms with van der Waals surface area (Å²) in [6.45, 7) is 5.07. The second-order valence-electron chi connectivity index (χ2n) is 9.43. The lowest BCUT2D eigenvalue weighted by atomic mass is 9.95. The van der Waals surface area contributed by atoms with Gasteiger partial charge in [0.2, 0.25) is 11.8 Å². The van der Waals surface area contributed by atoms with Gasteiger partial charge in [0, 0.05) is 43.5 Å². The van der Waals surface area contributed by atoms with Crippen LogP contribution in [0.2, 0.25) is 0 Å². The fourth-order valence-corrected chi connectivity index (χ4v) is 4.73. The van der Waals surface area contributed by atoms with Crippen LogP contribution in [-0.2, 0) is 9.59 Å². The van der Waals surface area contributed by atoms with Gasteiger partial charge in [-0.05, 0) is 56.9 Å². The van der Waals surface area contributed by atoms with Crippen molar-refractivity contribution in [2.45, 2.75) is 38.6 Å². The van der Waals surface area contributed by atoms with Crippen LogP contribution in [0.3, 0.4) is 0 Å². The molecule has 2 fully saturated rings. The predicted octanol–water partition coefficient (Wildman–Crippen LogP) is 3.07. The highest BCUT2D eigenvalue weighted by Gasteiger charge is 2.31. The van der Waals surface area contributed by atoms with E-state index in [1.54, 1.807) is 0 Å². The lowest BCUT2D eigenvalue weighted by Gasteiger charge is -2.35. The summed E-state index contributed by atoms with van der Waals surface area (Å²) >= 11 is 0. The van der Waals surface area contributed by atoms with Crippen molar-refractivity contribution in [2.24, 2.45) is 5.92 Å². The fraction of sp³-hybridized carbons (Fsp3) is 0.444. The molecule has 34 heavy (non-hydrogen) atoms. The second-order valence-corrected chi connectivity index (χ2v) is 9.43. The van der Waals surface area contributed by atoms with Crippen molar-refractivity contribution in [1.82, 2.24) is 15.1 Å². The molecule has 1 atom stereocenters. The lowest BCUT2D eigenvalue weighted by molar-refractivity contribution is -0.127. The highest BCUT2D eigenvalue weighted by Crippen LogP contribution is 2.20. The molecule has 7 heteroatoms. The highest BCUT2D eigenvalue weighted by molar-refractivity contribution is 5.95. The zero-order valence-corrected chi connectivity index (χ0v) is 19.8. The zero-order valence-electron chi connectivity index (χ0n) is 19.8. The number of benzene rings is 2. The number of amides is 3. The third-order valence-electron chi connectivity index (χ3n) is 6.74. The van der Waals surface area contributed by atoms with Crippen LogP contribution in [0.15, 0.2) is 54.6 Å². The van der Waals surface area contributed by atoms with Gasteiger partial charge in [0.05, 0.1) is 12.5 Å². The molecule has 2 heterocycles. The number of nitrogens with zero attached hydrogens (tertiary/aromatic N) is 2. The molecule has 0 aromatic heterocycles. The van der Waals surface area contributed by atoms with Crippen molar-refractivity contribution in [2.75, 3.05) is 38.0 Å². The van der Waals surface area contributed by atoms with Gasteiger partial charge < -0.3 is 15.5 Å². The maximum absolute atomic E-state index is 13.0. The van der Waals surface area contributed by atoms with Crippen LogP contribution in [0.5, 0.6) is 0 Å². The van der Waals surface area contributed by atoms with E-state index in [0.29, 0.717) is 25.2 Å². The van der Waals surface area contributed by atoms with Gasteiger partial charge in [0.15, 0.2) is 0 Å². The normalized spacial score (nSPS) is 19.4. The van der Waals surface area contributed by atoms with Crippen LogP contribution in [0, 0.1) is 12.8 Å². The molecule has 3 amide bonds. The highest BCUT2D eigenvalue weighted by atomic mass is 16.2. The van der Waals surface area contributed by atoms with Crippen LogP contribution in [0.1, 0.15) is 41.6 Å². The molecule has 2 aliphatic heterocycles. The quantitative estimate of drug-likeness (QED) is 0.691. The van der Waals surface area contributed by atoms with Gasteiger partial charge >= 0.3 is 0 Å². The van der Waals surface area contributed by atoms with Crippen LogP contribution in [-0.4, -0.2) is 66.3 Å². The van der Waals surface area contributed by atoms with E-state index in [2.05, 4.69) is 15.5 Å². The molecular formula is C27H34N4O3. The van der Waals surface area contributed by atoms with E-state index in [0.717, 1.165) is 50.0 Å².